The van der Waals surface area contributed by atoms with E-state index in [2.05, 4.69) is 25.7 Å². The van der Waals surface area contributed by atoms with E-state index in [1.165, 1.54) is 0 Å². The first kappa shape index (κ1) is 20.6. The fraction of sp³-hybridized carbons (Fsp3) is 0.316. The molecule has 1 aromatic carbocycles. The number of benzene rings is 1. The predicted molar refractivity (Wildman–Crippen MR) is 105 cm³/mol. The summed E-state index contributed by atoms with van der Waals surface area (Å²) in [5, 5.41) is 10.7. The zero-order valence-corrected chi connectivity index (χ0v) is 16.1. The van der Waals surface area contributed by atoms with Gasteiger partial charge in [0.05, 0.1) is 17.3 Å². The third-order valence-electron chi connectivity index (χ3n) is 4.86. The standard InChI is InChI=1S/C19H18F3N7O2/c20-19(21,22)13-6-23-18(24-7-13)28-9-14(10-28)26-16(31)4-5-29-8-12-2-1-3-15(25-11-30)17(12)27-29/h1-3,6-8,11,14H,4-5,9-10H2,(H,25,30)(H,26,31). The van der Waals surface area contributed by atoms with E-state index in [-0.39, 0.29) is 24.3 Å². The third kappa shape index (κ3) is 4.57. The molecule has 31 heavy (non-hydrogen) atoms. The molecule has 4 rings (SSSR count). The SMILES string of the molecule is O=CNc1cccc2cn(CCC(=O)NC3CN(c4ncc(C(F)(F)F)cn4)C3)nc12. The molecule has 0 radical (unpaired) electrons. The number of fused-ring (bicyclic) bond motifs is 1. The van der Waals surface area contributed by atoms with Crippen LogP contribution in [0.1, 0.15) is 12.0 Å². The number of nitrogens with one attached hydrogen (secondary N) is 2. The van der Waals surface area contributed by atoms with Crippen LogP contribution in [0.5, 0.6) is 0 Å². The van der Waals surface area contributed by atoms with E-state index in [4.69, 9.17) is 0 Å². The number of hydrogen-bond donors (Lipinski definition) is 2. The van der Waals surface area contributed by atoms with Crippen molar-refractivity contribution in [1.29, 1.82) is 0 Å². The molecule has 9 nitrogen and oxygen atoms in total. The Hall–Kier alpha value is -3.70. The van der Waals surface area contributed by atoms with Crippen molar-refractivity contribution in [3.05, 3.63) is 42.4 Å². The van der Waals surface area contributed by atoms with Gasteiger partial charge >= 0.3 is 6.18 Å². The number of aromatic nitrogens is 4. The summed E-state index contributed by atoms with van der Waals surface area (Å²) in [6, 6.07) is 5.28. The van der Waals surface area contributed by atoms with Gasteiger partial charge in [0.2, 0.25) is 18.3 Å². The van der Waals surface area contributed by atoms with Gasteiger partial charge in [-0.15, -0.1) is 0 Å². The van der Waals surface area contributed by atoms with Crippen LogP contribution in [-0.4, -0.2) is 51.2 Å². The van der Waals surface area contributed by atoms with Crippen molar-refractivity contribution < 1.29 is 22.8 Å². The molecular formula is C19H18F3N7O2. The second-order valence-electron chi connectivity index (χ2n) is 7.09. The van der Waals surface area contributed by atoms with Gasteiger partial charge in [0.15, 0.2) is 0 Å². The highest BCUT2D eigenvalue weighted by Gasteiger charge is 2.33. The van der Waals surface area contributed by atoms with Crippen molar-refractivity contribution in [3.8, 4) is 0 Å². The predicted octanol–water partition coefficient (Wildman–Crippen LogP) is 1.81. The van der Waals surface area contributed by atoms with Gasteiger partial charge in [-0.25, -0.2) is 9.97 Å². The summed E-state index contributed by atoms with van der Waals surface area (Å²) < 4.78 is 39.3. The Morgan fingerprint density at radius 3 is 2.65 bits per heavy atom. The normalized spacial score (nSPS) is 14.4. The van der Waals surface area contributed by atoms with E-state index in [9.17, 15) is 22.8 Å². The maximum atomic E-state index is 12.6. The molecule has 1 saturated heterocycles. The average molecular weight is 433 g/mol. The first-order valence-electron chi connectivity index (χ1n) is 9.43. The minimum absolute atomic E-state index is 0.126. The Morgan fingerprint density at radius 2 is 1.97 bits per heavy atom. The van der Waals surface area contributed by atoms with Crippen molar-refractivity contribution in [1.82, 2.24) is 25.1 Å². The molecule has 0 unspecified atom stereocenters. The van der Waals surface area contributed by atoms with Gasteiger partial charge in [-0.1, -0.05) is 12.1 Å². The largest absolute Gasteiger partial charge is 0.419 e. The lowest BCUT2D eigenvalue weighted by Crippen LogP contribution is -2.60. The molecule has 3 aromatic rings. The van der Waals surface area contributed by atoms with E-state index >= 15 is 0 Å². The first-order valence-corrected chi connectivity index (χ1v) is 9.43. The summed E-state index contributed by atoms with van der Waals surface area (Å²) in [5.41, 5.74) is 0.332. The summed E-state index contributed by atoms with van der Waals surface area (Å²) in [7, 11) is 0. The number of carbonyl (C=O) groups is 2. The number of nitrogens with zero attached hydrogens (tertiary/aromatic N) is 5. The van der Waals surface area contributed by atoms with Gasteiger partial charge in [-0.05, 0) is 6.07 Å². The van der Waals surface area contributed by atoms with Crippen LogP contribution in [-0.2, 0) is 22.3 Å². The Labute approximate surface area is 174 Å². The summed E-state index contributed by atoms with van der Waals surface area (Å²) in [4.78, 5) is 32.1. The Kier molecular flexibility index (Phi) is 5.44. The molecule has 162 valence electrons. The van der Waals surface area contributed by atoms with Crippen LogP contribution >= 0.6 is 0 Å². The monoisotopic (exact) mass is 433 g/mol. The lowest BCUT2D eigenvalue weighted by Gasteiger charge is -2.39. The molecule has 1 fully saturated rings. The van der Waals surface area contributed by atoms with Crippen molar-refractivity contribution in [2.24, 2.45) is 0 Å². The molecule has 0 bridgehead atoms. The van der Waals surface area contributed by atoms with Crippen molar-refractivity contribution in [2.45, 2.75) is 25.2 Å². The summed E-state index contributed by atoms with van der Waals surface area (Å²) in [6.45, 7) is 1.20. The van der Waals surface area contributed by atoms with E-state index in [1.54, 1.807) is 27.9 Å². The Bertz CT molecular complexity index is 1090. The smallest absolute Gasteiger partial charge is 0.350 e. The van der Waals surface area contributed by atoms with Crippen molar-refractivity contribution in [2.75, 3.05) is 23.3 Å². The lowest BCUT2D eigenvalue weighted by atomic mass is 10.1. The number of alkyl halides is 3. The van der Waals surface area contributed by atoms with E-state index < -0.39 is 11.7 Å². The molecule has 0 aliphatic carbocycles. The highest BCUT2D eigenvalue weighted by atomic mass is 19.4. The third-order valence-corrected chi connectivity index (χ3v) is 4.86. The Morgan fingerprint density at radius 1 is 1.23 bits per heavy atom. The number of hydrogen-bond acceptors (Lipinski definition) is 6. The molecule has 12 heteroatoms. The van der Waals surface area contributed by atoms with Gasteiger partial charge in [0, 0.05) is 50.0 Å². The highest BCUT2D eigenvalue weighted by Crippen LogP contribution is 2.29. The quantitative estimate of drug-likeness (QED) is 0.551. The molecule has 2 aromatic heterocycles. The molecule has 3 heterocycles. The van der Waals surface area contributed by atoms with Crippen molar-refractivity contribution >= 4 is 34.9 Å². The number of carbonyl (C=O) groups excluding carboxylic acids is 2. The molecule has 0 spiro atoms. The second kappa shape index (κ2) is 8.20. The molecular weight excluding hydrogens is 415 g/mol. The van der Waals surface area contributed by atoms with E-state index in [0.29, 0.717) is 37.2 Å². The second-order valence-corrected chi connectivity index (χ2v) is 7.09. The maximum absolute atomic E-state index is 12.6. The van der Waals surface area contributed by atoms with Crippen LogP contribution in [0.4, 0.5) is 24.8 Å². The number of rotatable bonds is 7. The molecule has 2 N–H and O–H groups in total. The van der Waals surface area contributed by atoms with Crippen LogP contribution in [0, 0.1) is 0 Å². The first-order chi connectivity index (χ1) is 14.8. The average Bonchev–Trinajstić information content (AvgIpc) is 3.13. The highest BCUT2D eigenvalue weighted by molar-refractivity contribution is 5.94. The van der Waals surface area contributed by atoms with Crippen molar-refractivity contribution in [3.63, 3.8) is 0 Å². The van der Waals surface area contributed by atoms with Gasteiger partial charge in [-0.3, -0.25) is 14.3 Å². The summed E-state index contributed by atoms with van der Waals surface area (Å²) in [5.74, 6) is 0.0326. The number of aryl methyl sites for hydroxylation is 1. The summed E-state index contributed by atoms with van der Waals surface area (Å²) >= 11 is 0. The van der Waals surface area contributed by atoms with Crippen LogP contribution in [0.25, 0.3) is 10.9 Å². The molecule has 1 aliphatic rings. The van der Waals surface area contributed by atoms with Crippen LogP contribution < -0.4 is 15.5 Å². The summed E-state index contributed by atoms with van der Waals surface area (Å²) in [6.07, 6.45) is -0.393. The lowest BCUT2D eigenvalue weighted by molar-refractivity contribution is -0.138. The van der Waals surface area contributed by atoms with Crippen LogP contribution in [0.15, 0.2) is 36.8 Å². The fourth-order valence-electron chi connectivity index (χ4n) is 3.27. The zero-order valence-electron chi connectivity index (χ0n) is 16.1. The van der Waals surface area contributed by atoms with Crippen LogP contribution in [0.2, 0.25) is 0 Å². The van der Waals surface area contributed by atoms with Gasteiger partial charge in [0.1, 0.15) is 5.52 Å². The minimum atomic E-state index is -4.48. The topological polar surface area (TPSA) is 105 Å². The molecule has 0 saturated carbocycles. The molecule has 0 atom stereocenters. The number of amides is 2. The van der Waals surface area contributed by atoms with E-state index in [0.717, 1.165) is 17.8 Å². The van der Waals surface area contributed by atoms with Gasteiger partial charge in [0.25, 0.3) is 0 Å². The molecule has 2 amide bonds. The van der Waals surface area contributed by atoms with Crippen LogP contribution in [0.3, 0.4) is 0 Å². The van der Waals surface area contributed by atoms with Gasteiger partial charge in [-0.2, -0.15) is 18.3 Å². The fourth-order valence-corrected chi connectivity index (χ4v) is 3.27. The van der Waals surface area contributed by atoms with Gasteiger partial charge < -0.3 is 15.5 Å². The molecule has 1 aliphatic heterocycles. The Balaban J connectivity index is 1.26. The number of anilines is 2. The van der Waals surface area contributed by atoms with E-state index in [1.807, 2.05) is 6.07 Å². The minimum Gasteiger partial charge on any atom is -0.350 e. The maximum Gasteiger partial charge on any atom is 0.419 e. The number of halogens is 3. The zero-order chi connectivity index (χ0) is 22.0.